The third-order valence-corrected chi connectivity index (χ3v) is 6.20. The van der Waals surface area contributed by atoms with E-state index in [0.29, 0.717) is 17.6 Å². The number of phenolic OH excluding ortho intramolecular Hbond substituents is 1. The van der Waals surface area contributed by atoms with Crippen LogP contribution in [0.2, 0.25) is 0 Å². The second-order valence-corrected chi connectivity index (χ2v) is 8.07. The van der Waals surface area contributed by atoms with Crippen LogP contribution in [0.25, 0.3) is 10.9 Å². The Morgan fingerprint density at radius 3 is 2.32 bits per heavy atom. The van der Waals surface area contributed by atoms with E-state index < -0.39 is 11.7 Å². The summed E-state index contributed by atoms with van der Waals surface area (Å²) >= 11 is 0. The number of aromatic amines is 1. The number of aromatic hydroxyl groups is 1. The van der Waals surface area contributed by atoms with Crippen LogP contribution >= 0.6 is 0 Å². The van der Waals surface area contributed by atoms with E-state index in [1.54, 1.807) is 6.20 Å². The summed E-state index contributed by atoms with van der Waals surface area (Å²) < 4.78 is 39.2. The number of nitrogens with one attached hydrogen (secondary N) is 3. The topological polar surface area (TPSA) is 63.5 Å². The molecule has 5 N–H and O–H groups in total. The second kappa shape index (κ2) is 8.82. The van der Waals surface area contributed by atoms with E-state index in [2.05, 4.69) is 4.98 Å². The zero-order valence-electron chi connectivity index (χ0n) is 17.0. The van der Waals surface area contributed by atoms with Gasteiger partial charge < -0.3 is 20.0 Å². The van der Waals surface area contributed by atoms with Gasteiger partial charge >= 0.3 is 6.18 Å². The van der Waals surface area contributed by atoms with Gasteiger partial charge in [-0.05, 0) is 30.3 Å². The fraction of sp³-hybridized carbons (Fsp3) is 0.348. The normalized spacial score (nSPS) is 20.6. The predicted molar refractivity (Wildman–Crippen MR) is 109 cm³/mol. The van der Waals surface area contributed by atoms with Crippen molar-refractivity contribution in [1.82, 2.24) is 0 Å². The Morgan fingerprint density at radius 1 is 0.968 bits per heavy atom. The largest absolute Gasteiger partial charge is 0.502 e. The number of aliphatic hydroxyl groups excluding tert-OH is 1. The molecule has 3 aromatic rings. The first-order valence-electron chi connectivity index (χ1n) is 10.5. The summed E-state index contributed by atoms with van der Waals surface area (Å²) in [5.74, 6) is 0.126. The van der Waals surface area contributed by atoms with E-state index in [4.69, 9.17) is 0 Å². The van der Waals surface area contributed by atoms with Gasteiger partial charge in [0.1, 0.15) is 38.8 Å². The van der Waals surface area contributed by atoms with Gasteiger partial charge in [0, 0.05) is 11.6 Å². The number of quaternary nitrogens is 2. The second-order valence-electron chi connectivity index (χ2n) is 8.07. The summed E-state index contributed by atoms with van der Waals surface area (Å²) in [5.41, 5.74) is 1.36. The molecule has 1 atom stereocenters. The van der Waals surface area contributed by atoms with Gasteiger partial charge in [-0.2, -0.15) is 13.2 Å². The number of hydrogen-bond donors (Lipinski definition) is 4. The van der Waals surface area contributed by atoms with Crippen molar-refractivity contribution in [3.05, 3.63) is 71.4 Å². The third-order valence-electron chi connectivity index (χ3n) is 6.20. The molecule has 5 nitrogen and oxygen atoms in total. The third kappa shape index (κ3) is 4.51. The lowest BCUT2D eigenvalue weighted by Gasteiger charge is -2.35. The fourth-order valence-electron chi connectivity index (χ4n) is 4.55. The summed E-state index contributed by atoms with van der Waals surface area (Å²) in [6.45, 7) is 4.11. The van der Waals surface area contributed by atoms with Crippen LogP contribution in [0.1, 0.15) is 22.7 Å². The van der Waals surface area contributed by atoms with Crippen LogP contribution in [0.4, 0.5) is 13.2 Å². The first-order chi connectivity index (χ1) is 14.9. The van der Waals surface area contributed by atoms with Gasteiger partial charge in [-0.25, -0.2) is 4.98 Å². The molecule has 8 heteroatoms. The number of H-pyrrole nitrogens is 1. The molecule has 1 aromatic heterocycles. The molecule has 164 valence electrons. The zero-order valence-corrected chi connectivity index (χ0v) is 17.0. The number of piperazine rings is 1. The quantitative estimate of drug-likeness (QED) is 0.465. The molecule has 0 saturated carbocycles. The summed E-state index contributed by atoms with van der Waals surface area (Å²) in [6.07, 6.45) is -2.65. The molecule has 4 rings (SSSR count). The lowest BCUT2D eigenvalue weighted by molar-refractivity contribution is -1.02. The smallest absolute Gasteiger partial charge is 0.416 e. The van der Waals surface area contributed by atoms with Crippen molar-refractivity contribution in [1.29, 1.82) is 0 Å². The van der Waals surface area contributed by atoms with Crippen molar-refractivity contribution in [2.75, 3.05) is 39.3 Å². The Balaban J connectivity index is 1.74. The monoisotopic (exact) mass is 434 g/mol. The minimum Gasteiger partial charge on any atom is -0.502 e. The Bertz CT molecular complexity index is 1030. The maximum atomic E-state index is 13.1. The van der Waals surface area contributed by atoms with Gasteiger partial charge in [-0.3, -0.25) is 0 Å². The minimum atomic E-state index is -4.39. The van der Waals surface area contributed by atoms with Gasteiger partial charge in [-0.15, -0.1) is 0 Å². The van der Waals surface area contributed by atoms with Crippen LogP contribution in [0.3, 0.4) is 0 Å². The van der Waals surface area contributed by atoms with Crippen molar-refractivity contribution in [3.8, 4) is 5.75 Å². The number of fused-ring (bicyclic) bond motifs is 1. The number of halogens is 3. The zero-order chi connectivity index (χ0) is 22.0. The van der Waals surface area contributed by atoms with Crippen LogP contribution in [-0.4, -0.2) is 49.5 Å². The molecular formula is C23H27F3N3O2+3. The van der Waals surface area contributed by atoms with Gasteiger partial charge in [0.05, 0.1) is 23.1 Å². The van der Waals surface area contributed by atoms with Crippen LogP contribution in [0.5, 0.6) is 5.75 Å². The highest BCUT2D eigenvalue weighted by molar-refractivity contribution is 5.82. The van der Waals surface area contributed by atoms with Crippen molar-refractivity contribution < 1.29 is 38.2 Å². The van der Waals surface area contributed by atoms with E-state index >= 15 is 0 Å². The molecular weight excluding hydrogens is 407 g/mol. The Hall–Kier alpha value is -2.68. The first-order valence-corrected chi connectivity index (χ1v) is 10.5. The molecule has 31 heavy (non-hydrogen) atoms. The van der Waals surface area contributed by atoms with Crippen molar-refractivity contribution in [3.63, 3.8) is 0 Å². The molecule has 1 fully saturated rings. The fourth-order valence-corrected chi connectivity index (χ4v) is 4.55. The lowest BCUT2D eigenvalue weighted by Crippen LogP contribution is -3.28. The summed E-state index contributed by atoms with van der Waals surface area (Å²) in [7, 11) is 0. The Labute approximate surface area is 178 Å². The number of alkyl halides is 3. The van der Waals surface area contributed by atoms with E-state index in [-0.39, 0.29) is 18.4 Å². The number of phenols is 1. The highest BCUT2D eigenvalue weighted by Crippen LogP contribution is 2.34. The van der Waals surface area contributed by atoms with Crippen molar-refractivity contribution in [2.45, 2.75) is 12.2 Å². The van der Waals surface area contributed by atoms with Crippen molar-refractivity contribution >= 4 is 10.9 Å². The molecule has 0 aliphatic carbocycles. The Morgan fingerprint density at radius 2 is 1.68 bits per heavy atom. The van der Waals surface area contributed by atoms with Crippen molar-refractivity contribution in [2.24, 2.45) is 0 Å². The average Bonchev–Trinajstić information content (AvgIpc) is 2.77. The maximum Gasteiger partial charge on any atom is 0.416 e. The molecule has 0 spiro atoms. The number of hydrogen-bond acceptors (Lipinski definition) is 2. The predicted octanol–water partition coefficient (Wildman–Crippen LogP) is 0.243. The van der Waals surface area contributed by atoms with Gasteiger partial charge in [0.25, 0.3) is 5.52 Å². The number of pyridine rings is 1. The van der Waals surface area contributed by atoms with E-state index in [0.717, 1.165) is 49.3 Å². The number of aromatic nitrogens is 1. The van der Waals surface area contributed by atoms with Crippen LogP contribution in [-0.2, 0) is 6.18 Å². The molecule has 1 aliphatic heterocycles. The maximum absolute atomic E-state index is 13.1. The van der Waals surface area contributed by atoms with Crippen LogP contribution in [0, 0.1) is 0 Å². The highest BCUT2D eigenvalue weighted by Gasteiger charge is 2.36. The van der Waals surface area contributed by atoms with Gasteiger partial charge in [0.2, 0.25) is 0 Å². The van der Waals surface area contributed by atoms with E-state index in [1.807, 2.05) is 24.3 Å². The highest BCUT2D eigenvalue weighted by atomic mass is 19.4. The number of benzene rings is 2. The first kappa shape index (κ1) is 21.5. The van der Waals surface area contributed by atoms with E-state index in [1.165, 1.54) is 21.9 Å². The molecule has 1 saturated heterocycles. The standard InChI is InChI=1S/C23H24F3N3O2/c24-23(25,26)18-6-3-17(4-7-18)21(29-12-10-28(11-13-29)14-15-30)19-8-5-16-2-1-9-27-20(16)22(19)31/h1-9,21,30-31H,10-15H2/p+3. The molecule has 2 aromatic carbocycles. The molecule has 0 bridgehead atoms. The van der Waals surface area contributed by atoms with Crippen LogP contribution in [0.15, 0.2) is 54.7 Å². The summed E-state index contributed by atoms with van der Waals surface area (Å²) in [6, 6.07) is 12.5. The molecule has 0 amide bonds. The summed E-state index contributed by atoms with van der Waals surface area (Å²) in [4.78, 5) is 5.58. The SMILES string of the molecule is OCC[NH+]1CC[NH+](C(c2ccc(C(F)(F)F)cc2)c2ccc3ccc[nH+]c3c2O)CC1. The van der Waals surface area contributed by atoms with E-state index in [9.17, 15) is 23.4 Å². The molecule has 1 unspecified atom stereocenters. The van der Waals surface area contributed by atoms with Gasteiger partial charge in [0.15, 0.2) is 11.9 Å². The average molecular weight is 434 g/mol. The number of rotatable bonds is 5. The molecule has 2 heterocycles. The Kier molecular flexibility index (Phi) is 6.13. The molecule has 0 radical (unpaired) electrons. The summed E-state index contributed by atoms with van der Waals surface area (Å²) in [5, 5.41) is 21.2. The van der Waals surface area contributed by atoms with Gasteiger partial charge in [-0.1, -0.05) is 12.1 Å². The minimum absolute atomic E-state index is 0.126. The van der Waals surface area contributed by atoms with Crippen LogP contribution < -0.4 is 14.8 Å². The molecule has 1 aliphatic rings. The number of aliphatic hydroxyl groups is 1. The lowest BCUT2D eigenvalue weighted by atomic mass is 9.93.